The van der Waals surface area contributed by atoms with E-state index in [1.165, 1.54) is 24.5 Å². The van der Waals surface area contributed by atoms with Crippen LogP contribution in [0.25, 0.3) is 11.3 Å². The SMILES string of the molecule is CC1C[C@]2(Oc3cncnc3)CC3C1C[C@@H]3c1cc(-c3c(F)cccc3F)nnc12. The lowest BCUT2D eigenvalue weighted by Crippen LogP contribution is -2.56. The molecule has 152 valence electrons. The van der Waals surface area contributed by atoms with E-state index in [1.807, 2.05) is 6.07 Å². The van der Waals surface area contributed by atoms with Gasteiger partial charge in [0.2, 0.25) is 0 Å². The third-order valence-corrected chi connectivity index (χ3v) is 7.26. The molecule has 2 saturated carbocycles. The number of hydrogen-bond donors (Lipinski definition) is 0. The summed E-state index contributed by atoms with van der Waals surface area (Å²) in [5, 5.41) is 8.78. The standard InChI is InChI=1S/C23H20F2N4O/c1-12-7-23(30-13-9-26-11-27-10-13)8-17-14(12)5-15(17)16-6-20(28-29-22(16)23)21-18(24)3-2-4-19(21)25/h2-4,6,9-12,14-15,17H,5,7-8H2,1H3/t12?,14?,15-,17?,23+/m1/s1. The van der Waals surface area contributed by atoms with Gasteiger partial charge in [0.05, 0.1) is 23.7 Å². The molecule has 0 N–H and O–H groups in total. The van der Waals surface area contributed by atoms with Gasteiger partial charge in [0.1, 0.15) is 23.7 Å². The first kappa shape index (κ1) is 17.9. The molecular formula is C23H20F2N4O. The van der Waals surface area contributed by atoms with E-state index in [1.54, 1.807) is 12.4 Å². The van der Waals surface area contributed by atoms with E-state index in [9.17, 15) is 8.78 Å². The van der Waals surface area contributed by atoms with Crippen LogP contribution in [0.4, 0.5) is 8.78 Å². The molecule has 30 heavy (non-hydrogen) atoms. The Morgan fingerprint density at radius 1 is 1.03 bits per heavy atom. The van der Waals surface area contributed by atoms with Gasteiger partial charge in [-0.15, -0.1) is 5.10 Å². The smallest absolute Gasteiger partial charge is 0.157 e. The average molecular weight is 406 g/mol. The van der Waals surface area contributed by atoms with Gasteiger partial charge in [-0.3, -0.25) is 0 Å². The zero-order valence-electron chi connectivity index (χ0n) is 16.4. The van der Waals surface area contributed by atoms with Gasteiger partial charge in [-0.25, -0.2) is 18.7 Å². The molecule has 0 radical (unpaired) electrons. The molecular weight excluding hydrogens is 386 g/mol. The minimum absolute atomic E-state index is 0.126. The molecule has 5 atom stereocenters. The minimum atomic E-state index is -0.632. The molecule has 3 aliphatic carbocycles. The molecule has 3 aliphatic rings. The van der Waals surface area contributed by atoms with Crippen molar-refractivity contribution >= 4 is 0 Å². The summed E-state index contributed by atoms with van der Waals surface area (Å²) >= 11 is 0. The van der Waals surface area contributed by atoms with Gasteiger partial charge in [-0.05, 0) is 66.7 Å². The number of nitrogens with zero attached hydrogens (tertiary/aromatic N) is 4. The molecule has 3 unspecified atom stereocenters. The van der Waals surface area contributed by atoms with Crippen LogP contribution in [-0.2, 0) is 5.60 Å². The van der Waals surface area contributed by atoms with Crippen LogP contribution in [-0.4, -0.2) is 20.2 Å². The summed E-state index contributed by atoms with van der Waals surface area (Å²) in [5.74, 6) is 1.30. The molecule has 5 nitrogen and oxygen atoms in total. The maximum atomic E-state index is 14.4. The summed E-state index contributed by atoms with van der Waals surface area (Å²) in [6.45, 7) is 2.27. The number of benzene rings is 1. The van der Waals surface area contributed by atoms with E-state index < -0.39 is 17.2 Å². The maximum absolute atomic E-state index is 14.4. The Balaban J connectivity index is 1.50. The predicted octanol–water partition coefficient (Wildman–Crippen LogP) is 4.65. The van der Waals surface area contributed by atoms with Crippen LogP contribution in [0.3, 0.4) is 0 Å². The molecule has 0 amide bonds. The Kier molecular flexibility index (Phi) is 3.73. The molecule has 6 rings (SSSR count). The highest BCUT2D eigenvalue weighted by atomic mass is 19.1. The second-order valence-corrected chi connectivity index (χ2v) is 8.86. The quantitative estimate of drug-likeness (QED) is 0.634. The predicted molar refractivity (Wildman–Crippen MR) is 104 cm³/mol. The number of fused-ring (bicyclic) bond motifs is 4. The van der Waals surface area contributed by atoms with E-state index >= 15 is 0 Å². The third-order valence-electron chi connectivity index (χ3n) is 7.26. The Bertz CT molecular complexity index is 1120. The molecule has 0 spiro atoms. The monoisotopic (exact) mass is 406 g/mol. The molecule has 2 bridgehead atoms. The van der Waals surface area contributed by atoms with Crippen molar-refractivity contribution in [2.75, 3.05) is 0 Å². The number of rotatable bonds is 3. The van der Waals surface area contributed by atoms with E-state index in [-0.39, 0.29) is 11.3 Å². The van der Waals surface area contributed by atoms with Crippen molar-refractivity contribution in [3.63, 3.8) is 0 Å². The van der Waals surface area contributed by atoms with E-state index in [2.05, 4.69) is 27.1 Å². The number of hydrogen-bond acceptors (Lipinski definition) is 5. The van der Waals surface area contributed by atoms with E-state index in [0.717, 1.165) is 30.5 Å². The molecule has 2 fully saturated rings. The third kappa shape index (κ3) is 2.44. The van der Waals surface area contributed by atoms with Crippen LogP contribution >= 0.6 is 0 Å². The van der Waals surface area contributed by atoms with Crippen molar-refractivity contribution in [1.82, 2.24) is 20.2 Å². The van der Waals surface area contributed by atoms with Crippen molar-refractivity contribution < 1.29 is 13.5 Å². The van der Waals surface area contributed by atoms with Gasteiger partial charge in [0, 0.05) is 0 Å². The van der Waals surface area contributed by atoms with Crippen LogP contribution < -0.4 is 4.74 Å². The van der Waals surface area contributed by atoms with Crippen molar-refractivity contribution in [1.29, 1.82) is 0 Å². The largest absolute Gasteiger partial charge is 0.478 e. The summed E-state index contributed by atoms with van der Waals surface area (Å²) in [6.07, 6.45) is 7.55. The summed E-state index contributed by atoms with van der Waals surface area (Å²) in [7, 11) is 0. The average Bonchev–Trinajstić information content (AvgIpc) is 2.70. The molecule has 7 heteroatoms. The van der Waals surface area contributed by atoms with E-state index in [0.29, 0.717) is 29.4 Å². The van der Waals surface area contributed by atoms with Crippen LogP contribution in [0.5, 0.6) is 5.75 Å². The zero-order valence-corrected chi connectivity index (χ0v) is 16.4. The first-order valence-corrected chi connectivity index (χ1v) is 10.3. The van der Waals surface area contributed by atoms with Crippen molar-refractivity contribution in [2.24, 2.45) is 17.8 Å². The zero-order chi connectivity index (χ0) is 20.5. The molecule has 3 aromatic rings. The topological polar surface area (TPSA) is 60.8 Å². The normalized spacial score (nSPS) is 30.9. The summed E-state index contributed by atoms with van der Waals surface area (Å²) in [5.41, 5.74) is 1.30. The first-order chi connectivity index (χ1) is 14.6. The first-order valence-electron chi connectivity index (χ1n) is 10.3. The highest BCUT2D eigenvalue weighted by molar-refractivity contribution is 5.62. The highest BCUT2D eigenvalue weighted by Crippen LogP contribution is 2.65. The van der Waals surface area contributed by atoms with Gasteiger partial charge in [-0.1, -0.05) is 13.0 Å². The Morgan fingerprint density at radius 2 is 1.80 bits per heavy atom. The van der Waals surface area contributed by atoms with Gasteiger partial charge in [0.25, 0.3) is 0 Å². The Hall–Kier alpha value is -2.96. The molecule has 0 saturated heterocycles. The lowest BCUT2D eigenvalue weighted by molar-refractivity contribution is -0.111. The van der Waals surface area contributed by atoms with Crippen LogP contribution in [0, 0.1) is 29.4 Å². The second-order valence-electron chi connectivity index (χ2n) is 8.86. The fraction of sp³-hybridized carbons (Fsp3) is 0.391. The fourth-order valence-corrected chi connectivity index (χ4v) is 5.98. The highest BCUT2D eigenvalue weighted by Gasteiger charge is 2.61. The summed E-state index contributed by atoms with van der Waals surface area (Å²) < 4.78 is 35.2. The maximum Gasteiger partial charge on any atom is 0.157 e. The number of aromatic nitrogens is 4. The molecule has 0 aliphatic heterocycles. The van der Waals surface area contributed by atoms with Crippen LogP contribution in [0.1, 0.15) is 43.4 Å². The lowest BCUT2D eigenvalue weighted by atomic mass is 9.46. The second kappa shape index (κ2) is 6.27. The number of ether oxygens (including phenoxy) is 1. The van der Waals surface area contributed by atoms with Gasteiger partial charge in [-0.2, -0.15) is 5.10 Å². The minimum Gasteiger partial charge on any atom is -0.478 e. The number of halogens is 2. The van der Waals surface area contributed by atoms with E-state index in [4.69, 9.17) is 4.74 Å². The lowest BCUT2D eigenvalue weighted by Gasteiger charge is -2.60. The Labute approximate surface area is 172 Å². The Morgan fingerprint density at radius 3 is 2.57 bits per heavy atom. The van der Waals surface area contributed by atoms with Crippen molar-refractivity contribution in [3.8, 4) is 17.0 Å². The van der Waals surface area contributed by atoms with Gasteiger partial charge >= 0.3 is 0 Å². The summed E-state index contributed by atoms with van der Waals surface area (Å²) in [4.78, 5) is 8.14. The summed E-state index contributed by atoms with van der Waals surface area (Å²) in [6, 6.07) is 5.67. The molecule has 2 heterocycles. The van der Waals surface area contributed by atoms with Crippen molar-refractivity contribution in [3.05, 3.63) is 65.9 Å². The van der Waals surface area contributed by atoms with Gasteiger partial charge in [0.15, 0.2) is 11.4 Å². The molecule has 2 aromatic heterocycles. The van der Waals surface area contributed by atoms with Crippen LogP contribution in [0.15, 0.2) is 43.0 Å². The fourth-order valence-electron chi connectivity index (χ4n) is 5.98. The van der Waals surface area contributed by atoms with Crippen LogP contribution in [0.2, 0.25) is 0 Å². The van der Waals surface area contributed by atoms with Gasteiger partial charge < -0.3 is 4.74 Å². The van der Waals surface area contributed by atoms with Crippen molar-refractivity contribution in [2.45, 2.75) is 37.7 Å². The molecule has 1 aromatic carbocycles.